The second-order valence-corrected chi connectivity index (χ2v) is 8.46. The number of benzene rings is 2. The number of nitrogens with zero attached hydrogens (tertiary/aromatic N) is 3. The Labute approximate surface area is 190 Å². The largest absolute Gasteiger partial charge is 0.438 e. The van der Waals surface area contributed by atoms with Gasteiger partial charge in [-0.25, -0.2) is 9.97 Å². The normalized spacial score (nSPS) is 11.5. The smallest absolute Gasteiger partial charge is 0.239 e. The van der Waals surface area contributed by atoms with Crippen molar-refractivity contribution in [3.63, 3.8) is 0 Å². The van der Waals surface area contributed by atoms with E-state index in [1.165, 1.54) is 18.1 Å². The molecule has 0 saturated heterocycles. The van der Waals surface area contributed by atoms with E-state index in [1.807, 2.05) is 73.7 Å². The first kappa shape index (κ1) is 21.3. The van der Waals surface area contributed by atoms with Crippen LogP contribution in [0.3, 0.4) is 0 Å². The quantitative estimate of drug-likeness (QED) is 0.305. The number of anilines is 1. The van der Waals surface area contributed by atoms with Crippen molar-refractivity contribution in [2.75, 3.05) is 5.32 Å². The Morgan fingerprint density at radius 3 is 2.34 bits per heavy atom. The fourth-order valence-corrected chi connectivity index (χ4v) is 4.12. The molecule has 1 unspecified atom stereocenters. The van der Waals surface area contributed by atoms with Crippen molar-refractivity contribution >= 4 is 23.6 Å². The van der Waals surface area contributed by atoms with Crippen LogP contribution in [0, 0.1) is 18.3 Å². The third-order valence-electron chi connectivity index (χ3n) is 4.80. The molecule has 7 heteroatoms. The molecule has 4 aromatic rings. The van der Waals surface area contributed by atoms with Crippen LogP contribution in [0.4, 0.5) is 5.88 Å². The van der Waals surface area contributed by atoms with E-state index < -0.39 is 5.25 Å². The molecule has 2 aromatic carbocycles. The van der Waals surface area contributed by atoms with E-state index in [1.54, 1.807) is 6.92 Å². The minimum Gasteiger partial charge on any atom is -0.438 e. The van der Waals surface area contributed by atoms with Crippen molar-refractivity contribution < 1.29 is 9.21 Å². The summed E-state index contributed by atoms with van der Waals surface area (Å²) in [7, 11) is 0. The summed E-state index contributed by atoms with van der Waals surface area (Å²) in [4.78, 5) is 21.2. The van der Waals surface area contributed by atoms with Crippen LogP contribution >= 0.6 is 11.8 Å². The second kappa shape index (κ2) is 9.50. The molecule has 2 aromatic heterocycles. The SMILES string of the molecule is Cc1cc(SC(C)C(=O)Nc2oc(-c3ccccc3)c(-c3ccccc3)c2C#N)ncn1. The van der Waals surface area contributed by atoms with Gasteiger partial charge in [0.25, 0.3) is 0 Å². The van der Waals surface area contributed by atoms with Crippen molar-refractivity contribution in [2.45, 2.75) is 24.1 Å². The summed E-state index contributed by atoms with van der Waals surface area (Å²) < 4.78 is 6.08. The standard InChI is InChI=1S/C25H20N4O2S/c1-16-13-21(28-15-27-16)32-17(2)24(30)29-25-20(14-26)22(18-9-5-3-6-10-18)23(31-25)19-11-7-4-8-12-19/h3-13,15,17H,1-2H3,(H,29,30). The first-order valence-corrected chi connectivity index (χ1v) is 10.9. The van der Waals surface area contributed by atoms with Crippen molar-refractivity contribution in [1.82, 2.24) is 9.97 Å². The van der Waals surface area contributed by atoms with Crippen LogP contribution < -0.4 is 5.32 Å². The molecule has 158 valence electrons. The monoisotopic (exact) mass is 440 g/mol. The van der Waals surface area contributed by atoms with Crippen molar-refractivity contribution in [1.29, 1.82) is 5.26 Å². The van der Waals surface area contributed by atoms with Crippen LogP contribution in [-0.2, 0) is 4.79 Å². The van der Waals surface area contributed by atoms with Gasteiger partial charge in [0.2, 0.25) is 11.8 Å². The highest BCUT2D eigenvalue weighted by Gasteiger charge is 2.26. The summed E-state index contributed by atoms with van der Waals surface area (Å²) in [5.41, 5.74) is 3.43. The number of aryl methyl sites for hydroxylation is 1. The zero-order chi connectivity index (χ0) is 22.5. The molecule has 0 radical (unpaired) electrons. The number of carbonyl (C=O) groups is 1. The average Bonchev–Trinajstić information content (AvgIpc) is 3.18. The third-order valence-corrected chi connectivity index (χ3v) is 5.83. The maximum absolute atomic E-state index is 12.9. The molecule has 0 aliphatic carbocycles. The highest BCUT2D eigenvalue weighted by molar-refractivity contribution is 8.00. The van der Waals surface area contributed by atoms with E-state index in [2.05, 4.69) is 21.4 Å². The van der Waals surface area contributed by atoms with E-state index in [4.69, 9.17) is 4.42 Å². The summed E-state index contributed by atoms with van der Waals surface area (Å²) in [6.45, 7) is 3.65. The summed E-state index contributed by atoms with van der Waals surface area (Å²) in [5, 5.41) is 13.0. The van der Waals surface area contributed by atoms with Gasteiger partial charge in [0, 0.05) is 16.8 Å². The van der Waals surface area contributed by atoms with E-state index >= 15 is 0 Å². The number of hydrogen-bond donors (Lipinski definition) is 1. The number of hydrogen-bond acceptors (Lipinski definition) is 6. The van der Waals surface area contributed by atoms with Gasteiger partial charge in [0.05, 0.1) is 5.25 Å². The van der Waals surface area contributed by atoms with Crippen molar-refractivity contribution in [3.8, 4) is 28.5 Å². The fourth-order valence-electron chi connectivity index (χ4n) is 3.24. The van der Waals surface area contributed by atoms with Gasteiger partial charge in [-0.2, -0.15) is 5.26 Å². The second-order valence-electron chi connectivity index (χ2n) is 7.10. The number of nitrogens with one attached hydrogen (secondary N) is 1. The minimum absolute atomic E-state index is 0.140. The molecule has 6 nitrogen and oxygen atoms in total. The molecule has 1 N–H and O–H groups in total. The van der Waals surface area contributed by atoms with Crippen LogP contribution in [0.25, 0.3) is 22.5 Å². The van der Waals surface area contributed by atoms with Gasteiger partial charge in [-0.1, -0.05) is 72.4 Å². The van der Waals surface area contributed by atoms with Gasteiger partial charge in [-0.15, -0.1) is 0 Å². The molecule has 32 heavy (non-hydrogen) atoms. The molecular weight excluding hydrogens is 420 g/mol. The highest BCUT2D eigenvalue weighted by atomic mass is 32.2. The van der Waals surface area contributed by atoms with Crippen LogP contribution in [0.15, 0.2) is 82.5 Å². The zero-order valence-corrected chi connectivity index (χ0v) is 18.4. The molecule has 0 aliphatic rings. The lowest BCUT2D eigenvalue weighted by Gasteiger charge is -2.10. The lowest BCUT2D eigenvalue weighted by atomic mass is 9.98. The molecule has 0 aliphatic heterocycles. The molecule has 0 fully saturated rings. The van der Waals surface area contributed by atoms with Crippen molar-refractivity contribution in [2.24, 2.45) is 0 Å². The maximum Gasteiger partial charge on any atom is 0.239 e. The van der Waals surface area contributed by atoms with Gasteiger partial charge in [0.15, 0.2) is 0 Å². The third kappa shape index (κ3) is 4.56. The van der Waals surface area contributed by atoms with E-state index in [9.17, 15) is 10.1 Å². The molecule has 4 rings (SSSR count). The molecule has 1 amide bonds. The summed E-state index contributed by atoms with van der Waals surface area (Å²) in [6, 6.07) is 23.1. The number of aromatic nitrogens is 2. The first-order valence-electron chi connectivity index (χ1n) is 10.0. The number of thioether (sulfide) groups is 1. The predicted octanol–water partition coefficient (Wildman–Crippen LogP) is 5.70. The van der Waals surface area contributed by atoms with Crippen LogP contribution in [0.1, 0.15) is 18.2 Å². The van der Waals surface area contributed by atoms with Gasteiger partial charge in [-0.3, -0.25) is 10.1 Å². The number of nitriles is 1. The van der Waals surface area contributed by atoms with Crippen LogP contribution in [-0.4, -0.2) is 21.1 Å². The Morgan fingerprint density at radius 2 is 1.72 bits per heavy atom. The van der Waals surface area contributed by atoms with E-state index in [0.717, 1.165) is 16.8 Å². The number of amides is 1. The zero-order valence-electron chi connectivity index (χ0n) is 17.6. The van der Waals surface area contributed by atoms with Crippen LogP contribution in [0.5, 0.6) is 0 Å². The number of furan rings is 1. The lowest BCUT2D eigenvalue weighted by molar-refractivity contribution is -0.115. The Kier molecular flexibility index (Phi) is 6.34. The minimum atomic E-state index is -0.457. The molecular formula is C25H20N4O2S. The first-order chi connectivity index (χ1) is 15.6. The lowest BCUT2D eigenvalue weighted by Crippen LogP contribution is -2.22. The Hall–Kier alpha value is -3.89. The predicted molar refractivity (Wildman–Crippen MR) is 125 cm³/mol. The summed E-state index contributed by atoms with van der Waals surface area (Å²) >= 11 is 1.31. The molecule has 0 spiro atoms. The molecule has 0 bridgehead atoms. The van der Waals surface area contributed by atoms with Gasteiger partial charge < -0.3 is 4.42 Å². The molecule has 2 heterocycles. The van der Waals surface area contributed by atoms with Gasteiger partial charge in [0.1, 0.15) is 28.7 Å². The maximum atomic E-state index is 12.9. The Balaban J connectivity index is 1.69. The van der Waals surface area contributed by atoms with Gasteiger partial charge in [-0.05, 0) is 25.5 Å². The highest BCUT2D eigenvalue weighted by Crippen LogP contribution is 2.41. The Bertz CT molecular complexity index is 1280. The number of carbonyl (C=O) groups excluding carboxylic acids is 1. The summed E-state index contributed by atoms with van der Waals surface area (Å²) in [6.07, 6.45) is 1.47. The topological polar surface area (TPSA) is 91.8 Å². The average molecular weight is 441 g/mol. The molecule has 1 atom stereocenters. The van der Waals surface area contributed by atoms with Crippen LogP contribution in [0.2, 0.25) is 0 Å². The van der Waals surface area contributed by atoms with E-state index in [-0.39, 0.29) is 11.8 Å². The Morgan fingerprint density at radius 1 is 1.06 bits per heavy atom. The van der Waals surface area contributed by atoms with Gasteiger partial charge >= 0.3 is 0 Å². The number of rotatable bonds is 6. The fraction of sp³-hybridized carbons (Fsp3) is 0.120. The molecule has 0 saturated carbocycles. The summed E-state index contributed by atoms with van der Waals surface area (Å²) in [5.74, 6) is 0.396. The van der Waals surface area contributed by atoms with Crippen molar-refractivity contribution in [3.05, 3.63) is 84.3 Å². The van der Waals surface area contributed by atoms with E-state index in [0.29, 0.717) is 21.9 Å².